The van der Waals surface area contributed by atoms with Gasteiger partial charge in [-0.05, 0) is 17.5 Å². The zero-order valence-corrected chi connectivity index (χ0v) is 20.2. The summed E-state index contributed by atoms with van der Waals surface area (Å²) in [4.78, 5) is 23.4. The predicted octanol–water partition coefficient (Wildman–Crippen LogP) is 6.18. The van der Waals surface area contributed by atoms with Crippen molar-refractivity contribution < 1.29 is 30.0 Å². The number of fused-ring (bicyclic) bond motifs is 6. The van der Waals surface area contributed by atoms with Crippen molar-refractivity contribution in [2.45, 2.75) is 0 Å². The molecule has 0 aliphatic heterocycles. The van der Waals surface area contributed by atoms with Gasteiger partial charge in [0.1, 0.15) is 5.69 Å². The Morgan fingerprint density at radius 2 is 1.44 bits per heavy atom. The second-order valence-electron chi connectivity index (χ2n) is 7.34. The number of hydrogen-bond acceptors (Lipinski definition) is 4. The van der Waals surface area contributed by atoms with Crippen molar-refractivity contribution in [1.82, 2.24) is 15.0 Å². The molecule has 0 fully saturated rings. The molecule has 1 radical (unpaired) electrons. The maximum absolute atomic E-state index is 10.1. The SMILES string of the molecule is O=C(O)c1ccccn1.[Ir].[c-]1cccc2c1c1ncc(-c3ccccc3)nc1c1ccccc21. The Balaban J connectivity index is 0.000000234. The van der Waals surface area contributed by atoms with Gasteiger partial charge in [0.15, 0.2) is 0 Å². The fourth-order valence-electron chi connectivity index (χ4n) is 3.78. The average molecular weight is 621 g/mol. The van der Waals surface area contributed by atoms with E-state index in [1.165, 1.54) is 23.0 Å². The standard InChI is InChI=1S/C22H13N2.C6H5NO2.Ir/c1-2-8-15(9-3-1)20-14-23-21-18-12-6-4-10-16(18)17-11-5-7-13-19(17)22(21)24-20;8-6(9)5-3-1-2-4-7-5;/h1-11,13-14H;1-4H,(H,8,9);/q-1;;. The Kier molecular flexibility index (Phi) is 7.02. The van der Waals surface area contributed by atoms with Gasteiger partial charge >= 0.3 is 5.97 Å². The van der Waals surface area contributed by atoms with Gasteiger partial charge in [-0.1, -0.05) is 71.4 Å². The van der Waals surface area contributed by atoms with Crippen LogP contribution >= 0.6 is 0 Å². The van der Waals surface area contributed by atoms with Gasteiger partial charge < -0.3 is 10.1 Å². The molecular formula is C28H18IrN3O2-. The quantitative estimate of drug-likeness (QED) is 0.185. The minimum atomic E-state index is -0.990. The van der Waals surface area contributed by atoms with Crippen LogP contribution in [0.5, 0.6) is 0 Å². The summed E-state index contributed by atoms with van der Waals surface area (Å²) in [5, 5.41) is 12.8. The third-order valence-corrected chi connectivity index (χ3v) is 5.29. The summed E-state index contributed by atoms with van der Waals surface area (Å²) in [7, 11) is 0. The molecule has 0 spiro atoms. The monoisotopic (exact) mass is 621 g/mol. The summed E-state index contributed by atoms with van der Waals surface area (Å²) in [5.74, 6) is -0.990. The van der Waals surface area contributed by atoms with Crippen LogP contribution < -0.4 is 0 Å². The van der Waals surface area contributed by atoms with E-state index in [2.05, 4.69) is 53.5 Å². The van der Waals surface area contributed by atoms with Crippen LogP contribution in [-0.2, 0) is 20.1 Å². The summed E-state index contributed by atoms with van der Waals surface area (Å²) in [6, 6.07) is 32.7. The van der Waals surface area contributed by atoms with Crippen LogP contribution in [0.25, 0.3) is 43.8 Å². The smallest absolute Gasteiger partial charge is 0.354 e. The fraction of sp³-hybridized carbons (Fsp3) is 0. The Morgan fingerprint density at radius 1 is 0.735 bits per heavy atom. The summed E-state index contributed by atoms with van der Waals surface area (Å²) in [6.45, 7) is 0. The van der Waals surface area contributed by atoms with E-state index in [0.29, 0.717) is 0 Å². The zero-order chi connectivity index (χ0) is 22.6. The van der Waals surface area contributed by atoms with Crippen molar-refractivity contribution in [2.75, 3.05) is 0 Å². The number of rotatable bonds is 2. The molecule has 0 bridgehead atoms. The van der Waals surface area contributed by atoms with Crippen molar-refractivity contribution in [3.05, 3.63) is 115 Å². The average Bonchev–Trinajstić information content (AvgIpc) is 2.90. The first-order valence-corrected chi connectivity index (χ1v) is 10.4. The van der Waals surface area contributed by atoms with Gasteiger partial charge in [0.05, 0.1) is 11.2 Å². The normalized spacial score (nSPS) is 10.4. The van der Waals surface area contributed by atoms with Crippen molar-refractivity contribution in [2.24, 2.45) is 0 Å². The minimum absolute atomic E-state index is 0. The van der Waals surface area contributed by atoms with E-state index < -0.39 is 5.97 Å². The summed E-state index contributed by atoms with van der Waals surface area (Å²) in [5.41, 5.74) is 3.89. The predicted molar refractivity (Wildman–Crippen MR) is 130 cm³/mol. The molecule has 0 saturated heterocycles. The first-order valence-electron chi connectivity index (χ1n) is 10.4. The molecular weight excluding hydrogens is 603 g/mol. The number of hydrogen-bond donors (Lipinski definition) is 1. The summed E-state index contributed by atoms with van der Waals surface area (Å²) < 4.78 is 0. The molecule has 0 atom stereocenters. The topological polar surface area (TPSA) is 76.0 Å². The van der Waals surface area contributed by atoms with Gasteiger partial charge in [0.25, 0.3) is 0 Å². The molecule has 2 aromatic heterocycles. The van der Waals surface area contributed by atoms with E-state index in [0.717, 1.165) is 33.1 Å². The Labute approximate surface area is 209 Å². The van der Waals surface area contributed by atoms with Crippen LogP contribution in [0.4, 0.5) is 0 Å². The van der Waals surface area contributed by atoms with E-state index in [4.69, 9.17) is 15.1 Å². The molecule has 0 amide bonds. The van der Waals surface area contributed by atoms with E-state index in [1.807, 2.05) is 36.5 Å². The third kappa shape index (κ3) is 4.55. The number of aromatic carboxylic acids is 1. The molecule has 6 aromatic rings. The molecule has 0 saturated carbocycles. The number of nitrogens with zero attached hydrogens (tertiary/aromatic N) is 3. The molecule has 1 N–H and O–H groups in total. The fourth-order valence-corrected chi connectivity index (χ4v) is 3.78. The van der Waals surface area contributed by atoms with Crippen LogP contribution in [0.1, 0.15) is 10.5 Å². The van der Waals surface area contributed by atoms with E-state index >= 15 is 0 Å². The second-order valence-corrected chi connectivity index (χ2v) is 7.34. The van der Waals surface area contributed by atoms with Gasteiger partial charge in [-0.3, -0.25) is 4.98 Å². The van der Waals surface area contributed by atoms with Crippen LogP contribution in [0.15, 0.2) is 103 Å². The van der Waals surface area contributed by atoms with Crippen LogP contribution in [0, 0.1) is 6.07 Å². The van der Waals surface area contributed by atoms with E-state index in [9.17, 15) is 4.79 Å². The van der Waals surface area contributed by atoms with Gasteiger partial charge in [-0.2, -0.15) is 0 Å². The number of carboxylic acid groups (broad SMARTS) is 1. The molecule has 0 aliphatic carbocycles. The summed E-state index contributed by atoms with van der Waals surface area (Å²) >= 11 is 0. The molecule has 0 unspecified atom stereocenters. The molecule has 4 aromatic carbocycles. The summed E-state index contributed by atoms with van der Waals surface area (Å²) in [6.07, 6.45) is 3.30. The van der Waals surface area contributed by atoms with Crippen LogP contribution in [-0.4, -0.2) is 26.0 Å². The third-order valence-electron chi connectivity index (χ3n) is 5.29. The molecule has 0 aliphatic rings. The van der Waals surface area contributed by atoms with Gasteiger partial charge in [0.2, 0.25) is 0 Å². The second kappa shape index (κ2) is 10.3. The van der Waals surface area contributed by atoms with Gasteiger partial charge in [-0.25, -0.2) is 9.78 Å². The number of benzene rings is 4. The largest absolute Gasteiger partial charge is 0.477 e. The Morgan fingerprint density at radius 3 is 2.15 bits per heavy atom. The Bertz CT molecular complexity index is 1550. The molecule has 5 nitrogen and oxygen atoms in total. The maximum atomic E-state index is 10.1. The first kappa shape index (κ1) is 23.2. The minimum Gasteiger partial charge on any atom is -0.477 e. The number of pyridine rings is 1. The number of aromatic nitrogens is 3. The van der Waals surface area contributed by atoms with Crippen molar-refractivity contribution >= 4 is 38.5 Å². The molecule has 167 valence electrons. The molecule has 6 heteroatoms. The number of carboxylic acids is 1. The van der Waals surface area contributed by atoms with Crippen molar-refractivity contribution in [3.63, 3.8) is 0 Å². The molecule has 2 heterocycles. The van der Waals surface area contributed by atoms with E-state index in [-0.39, 0.29) is 25.8 Å². The number of carbonyl (C=O) groups is 1. The zero-order valence-electron chi connectivity index (χ0n) is 17.8. The van der Waals surface area contributed by atoms with Crippen molar-refractivity contribution in [1.29, 1.82) is 0 Å². The first-order chi connectivity index (χ1) is 16.2. The molecule has 34 heavy (non-hydrogen) atoms. The van der Waals surface area contributed by atoms with Gasteiger partial charge in [0, 0.05) is 43.6 Å². The van der Waals surface area contributed by atoms with E-state index in [1.54, 1.807) is 12.1 Å². The van der Waals surface area contributed by atoms with Crippen LogP contribution in [0.3, 0.4) is 0 Å². The van der Waals surface area contributed by atoms with Crippen molar-refractivity contribution in [3.8, 4) is 11.3 Å². The maximum Gasteiger partial charge on any atom is 0.354 e. The molecule has 6 rings (SSSR count). The van der Waals surface area contributed by atoms with Gasteiger partial charge in [-0.15, -0.1) is 29.7 Å². The Hall–Kier alpha value is -3.99. The van der Waals surface area contributed by atoms with Crippen LogP contribution in [0.2, 0.25) is 0 Å².